The molecule has 0 radical (unpaired) electrons. The van der Waals surface area contributed by atoms with Gasteiger partial charge in [0.05, 0.1) is 11.0 Å². The molecule has 1 N–H and O–H groups in total. The molecule has 13 heavy (non-hydrogen) atoms. The van der Waals surface area contributed by atoms with E-state index < -0.39 is 0 Å². The van der Waals surface area contributed by atoms with Gasteiger partial charge in [0.15, 0.2) is 0 Å². The van der Waals surface area contributed by atoms with Gasteiger partial charge in [-0.05, 0) is 12.1 Å². The predicted molar refractivity (Wildman–Crippen MR) is 56.4 cm³/mol. The second kappa shape index (κ2) is 3.38. The molecule has 0 fully saturated rings. The summed E-state index contributed by atoms with van der Waals surface area (Å²) in [5.74, 6) is 0. The van der Waals surface area contributed by atoms with Crippen molar-refractivity contribution in [3.63, 3.8) is 0 Å². The summed E-state index contributed by atoms with van der Waals surface area (Å²) in [5, 5.41) is 0.786. The van der Waals surface area contributed by atoms with Gasteiger partial charge in [0, 0.05) is 11.9 Å². The number of imidazole rings is 1. The number of alkyl halides is 1. The summed E-state index contributed by atoms with van der Waals surface area (Å²) in [6, 6.07) is 7.69. The molecule has 0 unspecified atom stereocenters. The van der Waals surface area contributed by atoms with Gasteiger partial charge in [0.2, 0.25) is 0 Å². The Labute approximate surface area is 83.5 Å². The number of rotatable bonds is 2. The van der Waals surface area contributed by atoms with Crippen LogP contribution in [-0.4, -0.2) is 14.9 Å². The molecule has 0 spiro atoms. The van der Waals surface area contributed by atoms with Crippen molar-refractivity contribution in [2.45, 2.75) is 6.54 Å². The van der Waals surface area contributed by atoms with E-state index in [0.717, 1.165) is 16.4 Å². The molecule has 1 aromatic carbocycles. The van der Waals surface area contributed by atoms with Crippen LogP contribution >= 0.6 is 15.9 Å². The lowest BCUT2D eigenvalue weighted by Gasteiger charge is -1.97. The molecule has 2 aromatic rings. The number of para-hydroxylation sites is 2. The van der Waals surface area contributed by atoms with Crippen molar-refractivity contribution in [2.24, 2.45) is 0 Å². The van der Waals surface area contributed by atoms with E-state index >= 15 is 0 Å². The highest BCUT2D eigenvalue weighted by Gasteiger charge is 2.03. The molecule has 0 saturated heterocycles. The topological polar surface area (TPSA) is 37.8 Å². The maximum absolute atomic E-state index is 11.4. The Morgan fingerprint density at radius 3 is 2.92 bits per heavy atom. The summed E-state index contributed by atoms with van der Waals surface area (Å²) < 4.78 is 1.73. The van der Waals surface area contributed by atoms with E-state index in [4.69, 9.17) is 0 Å². The van der Waals surface area contributed by atoms with E-state index in [9.17, 15) is 4.79 Å². The largest absolute Gasteiger partial charge is 0.326 e. The average molecular weight is 241 g/mol. The van der Waals surface area contributed by atoms with E-state index in [0.29, 0.717) is 6.54 Å². The highest BCUT2D eigenvalue weighted by atomic mass is 79.9. The fraction of sp³-hybridized carbons (Fsp3) is 0.222. The number of fused-ring (bicyclic) bond motifs is 1. The van der Waals surface area contributed by atoms with E-state index in [-0.39, 0.29) is 5.69 Å². The van der Waals surface area contributed by atoms with Crippen LogP contribution in [0.4, 0.5) is 0 Å². The van der Waals surface area contributed by atoms with Crippen LogP contribution in [-0.2, 0) is 6.54 Å². The number of aromatic amines is 1. The lowest BCUT2D eigenvalue weighted by Crippen LogP contribution is -2.17. The Hall–Kier alpha value is -1.03. The van der Waals surface area contributed by atoms with Crippen molar-refractivity contribution in [2.75, 3.05) is 5.33 Å². The zero-order valence-electron chi connectivity index (χ0n) is 6.96. The van der Waals surface area contributed by atoms with Crippen molar-refractivity contribution in [1.82, 2.24) is 9.55 Å². The van der Waals surface area contributed by atoms with Gasteiger partial charge in [-0.2, -0.15) is 0 Å². The van der Waals surface area contributed by atoms with Crippen LogP contribution in [0.15, 0.2) is 29.1 Å². The smallest absolute Gasteiger partial charge is 0.306 e. The normalized spacial score (nSPS) is 10.8. The first-order valence-corrected chi connectivity index (χ1v) is 5.18. The number of hydrogen-bond donors (Lipinski definition) is 1. The van der Waals surface area contributed by atoms with Crippen molar-refractivity contribution < 1.29 is 0 Å². The third kappa shape index (κ3) is 1.42. The van der Waals surface area contributed by atoms with Gasteiger partial charge in [0.25, 0.3) is 0 Å². The van der Waals surface area contributed by atoms with Gasteiger partial charge in [-0.25, -0.2) is 4.79 Å². The van der Waals surface area contributed by atoms with Gasteiger partial charge >= 0.3 is 5.69 Å². The fourth-order valence-electron chi connectivity index (χ4n) is 1.41. The number of nitrogens with one attached hydrogen (secondary N) is 1. The number of H-pyrrole nitrogens is 1. The zero-order valence-corrected chi connectivity index (χ0v) is 8.54. The minimum atomic E-state index is -0.0411. The molecule has 0 saturated carbocycles. The first kappa shape index (κ1) is 8.56. The molecule has 1 aromatic heterocycles. The molecule has 0 bridgehead atoms. The molecule has 0 aliphatic carbocycles. The Bertz CT molecular complexity index is 472. The van der Waals surface area contributed by atoms with Gasteiger partial charge in [0.1, 0.15) is 0 Å². The number of nitrogens with zero attached hydrogens (tertiary/aromatic N) is 1. The highest BCUT2D eigenvalue weighted by Crippen LogP contribution is 2.08. The quantitative estimate of drug-likeness (QED) is 0.798. The zero-order chi connectivity index (χ0) is 9.26. The van der Waals surface area contributed by atoms with Crippen LogP contribution in [0.3, 0.4) is 0 Å². The van der Waals surface area contributed by atoms with Gasteiger partial charge in [-0.3, -0.25) is 4.57 Å². The molecule has 0 aliphatic rings. The van der Waals surface area contributed by atoms with Crippen molar-refractivity contribution in [3.8, 4) is 0 Å². The molecule has 0 amide bonds. The number of hydrogen-bond acceptors (Lipinski definition) is 1. The first-order valence-electron chi connectivity index (χ1n) is 4.06. The minimum absolute atomic E-state index is 0.0411. The van der Waals surface area contributed by atoms with Crippen LogP contribution < -0.4 is 5.69 Å². The molecule has 4 heteroatoms. The SMILES string of the molecule is O=c1[nH]c2ccccc2n1CCBr. The van der Waals surface area contributed by atoms with Crippen molar-refractivity contribution in [1.29, 1.82) is 0 Å². The first-order chi connectivity index (χ1) is 6.33. The summed E-state index contributed by atoms with van der Waals surface area (Å²) in [4.78, 5) is 14.2. The second-order valence-electron chi connectivity index (χ2n) is 2.79. The maximum atomic E-state index is 11.4. The number of aryl methyl sites for hydroxylation is 1. The summed E-state index contributed by atoms with van der Waals surface area (Å²) >= 11 is 3.32. The third-order valence-corrected chi connectivity index (χ3v) is 2.34. The second-order valence-corrected chi connectivity index (χ2v) is 3.58. The Kier molecular flexibility index (Phi) is 2.22. The Morgan fingerprint density at radius 2 is 2.15 bits per heavy atom. The molecular formula is C9H9BrN2O. The highest BCUT2D eigenvalue weighted by molar-refractivity contribution is 9.09. The van der Waals surface area contributed by atoms with Crippen LogP contribution in [0.5, 0.6) is 0 Å². The van der Waals surface area contributed by atoms with Crippen LogP contribution in [0.25, 0.3) is 11.0 Å². The lowest BCUT2D eigenvalue weighted by atomic mass is 10.3. The monoisotopic (exact) mass is 240 g/mol. The van der Waals surface area contributed by atoms with Crippen LogP contribution in [0, 0.1) is 0 Å². The van der Waals surface area contributed by atoms with Gasteiger partial charge in [-0.15, -0.1) is 0 Å². The third-order valence-electron chi connectivity index (χ3n) is 1.99. The van der Waals surface area contributed by atoms with E-state index in [1.807, 2.05) is 24.3 Å². The van der Waals surface area contributed by atoms with Crippen molar-refractivity contribution in [3.05, 3.63) is 34.7 Å². The standard InChI is InChI=1S/C9H9BrN2O/c10-5-6-12-8-4-2-1-3-7(8)11-9(12)13/h1-4H,5-6H2,(H,11,13). The molecule has 3 nitrogen and oxygen atoms in total. The number of benzene rings is 1. The summed E-state index contributed by atoms with van der Waals surface area (Å²) in [5.41, 5.74) is 1.82. The lowest BCUT2D eigenvalue weighted by molar-refractivity contribution is 0.765. The molecule has 1 heterocycles. The summed E-state index contributed by atoms with van der Waals surface area (Å²) in [6.45, 7) is 0.697. The summed E-state index contributed by atoms with van der Waals surface area (Å²) in [7, 11) is 0. The Balaban J connectivity index is 2.71. The number of aromatic nitrogens is 2. The van der Waals surface area contributed by atoms with Crippen molar-refractivity contribution >= 4 is 27.0 Å². The summed E-state index contributed by atoms with van der Waals surface area (Å²) in [6.07, 6.45) is 0. The van der Waals surface area contributed by atoms with Crippen LogP contribution in [0.2, 0.25) is 0 Å². The van der Waals surface area contributed by atoms with Crippen LogP contribution in [0.1, 0.15) is 0 Å². The van der Waals surface area contributed by atoms with E-state index in [2.05, 4.69) is 20.9 Å². The Morgan fingerprint density at radius 1 is 1.38 bits per heavy atom. The average Bonchev–Trinajstić information content (AvgIpc) is 2.44. The molecule has 2 rings (SSSR count). The van der Waals surface area contributed by atoms with E-state index in [1.165, 1.54) is 0 Å². The number of halogens is 1. The minimum Gasteiger partial charge on any atom is -0.306 e. The molecule has 0 aliphatic heterocycles. The van der Waals surface area contributed by atoms with Gasteiger partial charge < -0.3 is 4.98 Å². The van der Waals surface area contributed by atoms with E-state index in [1.54, 1.807) is 4.57 Å². The molecule has 0 atom stereocenters. The molecular weight excluding hydrogens is 232 g/mol. The van der Waals surface area contributed by atoms with Gasteiger partial charge in [-0.1, -0.05) is 28.1 Å². The predicted octanol–water partition coefficient (Wildman–Crippen LogP) is 1.72. The fourth-order valence-corrected chi connectivity index (χ4v) is 1.77. The maximum Gasteiger partial charge on any atom is 0.326 e. The molecule has 68 valence electrons.